The predicted octanol–water partition coefficient (Wildman–Crippen LogP) is 2.98. The van der Waals surface area contributed by atoms with E-state index in [1.807, 2.05) is 0 Å². The molecule has 10 heteroatoms. The highest BCUT2D eigenvalue weighted by molar-refractivity contribution is 5.68. The van der Waals surface area contributed by atoms with Gasteiger partial charge in [-0.2, -0.15) is 18.2 Å². The lowest BCUT2D eigenvalue weighted by molar-refractivity contribution is -0.137. The van der Waals surface area contributed by atoms with E-state index in [4.69, 9.17) is 4.74 Å². The van der Waals surface area contributed by atoms with Crippen LogP contribution < -0.4 is 10.2 Å². The maximum absolute atomic E-state index is 13.0. The van der Waals surface area contributed by atoms with Crippen molar-refractivity contribution in [3.05, 3.63) is 11.8 Å². The summed E-state index contributed by atoms with van der Waals surface area (Å²) in [6.07, 6.45) is -3.55. The number of carbonyl (C=O) groups is 1. The van der Waals surface area contributed by atoms with Gasteiger partial charge in [0.25, 0.3) is 0 Å². The molecule has 1 N–H and O–H groups in total. The number of aromatic nitrogens is 2. The molecule has 0 unspecified atom stereocenters. The molecule has 2 heterocycles. The largest absolute Gasteiger partial charge is 0.444 e. The highest BCUT2D eigenvalue weighted by Crippen LogP contribution is 2.34. The third-order valence-corrected chi connectivity index (χ3v) is 3.67. The minimum atomic E-state index is -4.53. The van der Waals surface area contributed by atoms with Gasteiger partial charge in [0, 0.05) is 39.4 Å². The zero-order valence-electron chi connectivity index (χ0n) is 15.5. The fourth-order valence-electron chi connectivity index (χ4n) is 2.54. The Balaban J connectivity index is 2.06. The quantitative estimate of drug-likeness (QED) is 0.876. The maximum atomic E-state index is 13.0. The van der Waals surface area contributed by atoms with Gasteiger partial charge in [0.2, 0.25) is 5.95 Å². The van der Waals surface area contributed by atoms with Gasteiger partial charge in [-0.15, -0.1) is 0 Å². The van der Waals surface area contributed by atoms with E-state index in [9.17, 15) is 18.0 Å². The number of anilines is 2. The van der Waals surface area contributed by atoms with Crippen LogP contribution in [-0.2, 0) is 10.9 Å². The molecule has 0 spiro atoms. The predicted molar refractivity (Wildman–Crippen MR) is 91.2 cm³/mol. The normalized spacial score (nSPS) is 18.0. The topological polar surface area (TPSA) is 70.6 Å². The molecule has 0 aliphatic carbocycles. The minimum absolute atomic E-state index is 0.0951. The number of likely N-dealkylation sites (tertiary alicyclic amines) is 1. The number of halogens is 3. The molecule has 0 bridgehead atoms. The third kappa shape index (κ3) is 5.12. The van der Waals surface area contributed by atoms with E-state index < -0.39 is 23.4 Å². The fraction of sp³-hybridized carbons (Fsp3) is 0.688. The number of alkyl halides is 3. The molecule has 146 valence electrons. The van der Waals surface area contributed by atoms with Crippen molar-refractivity contribution in [3.8, 4) is 0 Å². The SMILES string of the molecule is CN(C)c1nc(N[C@@H]2CCN(C(=O)OC(C)(C)C)C2)ncc1C(F)(F)F. The monoisotopic (exact) mass is 375 g/mol. The highest BCUT2D eigenvalue weighted by atomic mass is 19.4. The van der Waals surface area contributed by atoms with Crippen molar-refractivity contribution in [2.75, 3.05) is 37.4 Å². The number of hydrogen-bond acceptors (Lipinski definition) is 6. The number of rotatable bonds is 3. The number of carbonyl (C=O) groups excluding carboxylic acids is 1. The second-order valence-electron chi connectivity index (χ2n) is 7.38. The van der Waals surface area contributed by atoms with E-state index in [-0.39, 0.29) is 17.8 Å². The molecule has 2 rings (SSSR count). The summed E-state index contributed by atoms with van der Waals surface area (Å²) in [5.74, 6) is -0.116. The zero-order chi connectivity index (χ0) is 19.7. The average Bonchev–Trinajstić information content (AvgIpc) is 2.93. The van der Waals surface area contributed by atoms with Crippen LogP contribution in [0.2, 0.25) is 0 Å². The molecule has 1 aliphatic rings. The molecule has 0 radical (unpaired) electrons. The molecular weight excluding hydrogens is 351 g/mol. The first-order valence-corrected chi connectivity index (χ1v) is 8.23. The Morgan fingerprint density at radius 1 is 1.35 bits per heavy atom. The van der Waals surface area contributed by atoms with Crippen molar-refractivity contribution in [3.63, 3.8) is 0 Å². The summed E-state index contributed by atoms with van der Waals surface area (Å²) in [4.78, 5) is 22.7. The Morgan fingerprint density at radius 3 is 2.54 bits per heavy atom. The summed E-state index contributed by atoms with van der Waals surface area (Å²) in [5.41, 5.74) is -1.48. The molecule has 0 saturated carbocycles. The molecular formula is C16H24F3N5O2. The molecule has 1 aromatic rings. The van der Waals surface area contributed by atoms with E-state index in [0.29, 0.717) is 19.5 Å². The van der Waals surface area contributed by atoms with E-state index in [1.165, 1.54) is 19.0 Å². The highest BCUT2D eigenvalue weighted by Gasteiger charge is 2.36. The summed E-state index contributed by atoms with van der Waals surface area (Å²) in [5, 5.41) is 3.00. The molecule has 7 nitrogen and oxygen atoms in total. The van der Waals surface area contributed by atoms with Gasteiger partial charge in [-0.05, 0) is 27.2 Å². The van der Waals surface area contributed by atoms with Gasteiger partial charge in [0.15, 0.2) is 0 Å². The van der Waals surface area contributed by atoms with E-state index >= 15 is 0 Å². The first-order valence-electron chi connectivity index (χ1n) is 8.23. The summed E-state index contributed by atoms with van der Waals surface area (Å²) >= 11 is 0. The van der Waals surface area contributed by atoms with Gasteiger partial charge in [-0.25, -0.2) is 9.78 Å². The summed E-state index contributed by atoms with van der Waals surface area (Å²) < 4.78 is 44.4. The number of amides is 1. The van der Waals surface area contributed by atoms with Gasteiger partial charge >= 0.3 is 12.3 Å². The second kappa shape index (κ2) is 7.16. The van der Waals surface area contributed by atoms with Crippen molar-refractivity contribution < 1.29 is 22.7 Å². The molecule has 1 saturated heterocycles. The molecule has 1 aliphatic heterocycles. The molecule has 1 atom stereocenters. The van der Waals surface area contributed by atoms with Crippen LogP contribution in [0.5, 0.6) is 0 Å². The Bertz CT molecular complexity index is 658. The smallest absolute Gasteiger partial charge is 0.421 e. The van der Waals surface area contributed by atoms with Crippen LogP contribution in [0.3, 0.4) is 0 Å². The lowest BCUT2D eigenvalue weighted by atomic mass is 10.2. The Hall–Kier alpha value is -2.26. The van der Waals surface area contributed by atoms with Crippen LogP contribution in [0.1, 0.15) is 32.8 Å². The second-order valence-corrected chi connectivity index (χ2v) is 7.38. The van der Waals surface area contributed by atoms with Crippen molar-refractivity contribution >= 4 is 17.9 Å². The fourth-order valence-corrected chi connectivity index (χ4v) is 2.54. The van der Waals surface area contributed by atoms with Gasteiger partial charge in [-0.3, -0.25) is 0 Å². The van der Waals surface area contributed by atoms with Gasteiger partial charge in [0.05, 0.1) is 0 Å². The third-order valence-electron chi connectivity index (χ3n) is 3.67. The summed E-state index contributed by atoms with van der Waals surface area (Å²) in [6.45, 7) is 6.23. The van der Waals surface area contributed by atoms with Crippen molar-refractivity contribution in [2.45, 2.75) is 45.0 Å². The average molecular weight is 375 g/mol. The van der Waals surface area contributed by atoms with Crippen LogP contribution in [0.15, 0.2) is 6.20 Å². The Kier molecular flexibility index (Phi) is 5.52. The van der Waals surface area contributed by atoms with E-state index in [1.54, 1.807) is 25.7 Å². The standard InChI is InChI=1S/C16H24F3N5O2/c1-15(2,3)26-14(25)24-7-6-10(9-24)21-13-20-8-11(16(17,18)19)12(22-13)23(4)5/h8,10H,6-7,9H2,1-5H3,(H,20,21,22)/t10-/m1/s1. The van der Waals surface area contributed by atoms with Gasteiger partial charge in [0.1, 0.15) is 17.0 Å². The molecule has 1 amide bonds. The molecule has 26 heavy (non-hydrogen) atoms. The Morgan fingerprint density at radius 2 is 2.00 bits per heavy atom. The molecule has 1 aromatic heterocycles. The number of nitrogens with zero attached hydrogens (tertiary/aromatic N) is 4. The van der Waals surface area contributed by atoms with Crippen LogP contribution in [-0.4, -0.2) is 59.8 Å². The first kappa shape index (κ1) is 20.1. The van der Waals surface area contributed by atoms with Crippen LogP contribution in [0.25, 0.3) is 0 Å². The summed E-state index contributed by atoms with van der Waals surface area (Å²) in [6, 6.07) is -0.158. The van der Waals surface area contributed by atoms with Crippen LogP contribution in [0, 0.1) is 0 Å². The first-order chi connectivity index (χ1) is 11.9. The van der Waals surface area contributed by atoms with Gasteiger partial charge in [-0.1, -0.05) is 0 Å². The van der Waals surface area contributed by atoms with Crippen molar-refractivity contribution in [2.24, 2.45) is 0 Å². The maximum Gasteiger partial charge on any atom is 0.421 e. The lowest BCUT2D eigenvalue weighted by Gasteiger charge is -2.24. The molecule has 0 aromatic carbocycles. The van der Waals surface area contributed by atoms with Gasteiger partial charge < -0.3 is 19.9 Å². The number of nitrogens with one attached hydrogen (secondary N) is 1. The Labute approximate surface area is 150 Å². The summed E-state index contributed by atoms with van der Waals surface area (Å²) in [7, 11) is 2.97. The van der Waals surface area contributed by atoms with E-state index in [0.717, 1.165) is 6.20 Å². The van der Waals surface area contributed by atoms with Crippen LogP contribution in [0.4, 0.5) is 29.7 Å². The number of ether oxygens (including phenoxy) is 1. The van der Waals surface area contributed by atoms with Crippen molar-refractivity contribution in [1.29, 1.82) is 0 Å². The van der Waals surface area contributed by atoms with Crippen molar-refractivity contribution in [1.82, 2.24) is 14.9 Å². The molecule has 1 fully saturated rings. The lowest BCUT2D eigenvalue weighted by Crippen LogP contribution is -2.36. The number of hydrogen-bond donors (Lipinski definition) is 1. The van der Waals surface area contributed by atoms with E-state index in [2.05, 4.69) is 15.3 Å². The minimum Gasteiger partial charge on any atom is -0.444 e. The zero-order valence-corrected chi connectivity index (χ0v) is 15.5. The van der Waals surface area contributed by atoms with Crippen LogP contribution >= 0.6 is 0 Å².